The van der Waals surface area contributed by atoms with Gasteiger partial charge in [0.05, 0.1) is 19.1 Å². The molecular weight excluding hydrogens is 440 g/mol. The Morgan fingerprint density at radius 3 is 2.03 bits per heavy atom. The minimum Gasteiger partial charge on any atom is -0.493 e. The molecule has 2 aromatic carbocycles. The van der Waals surface area contributed by atoms with Gasteiger partial charge < -0.3 is 14.8 Å². The number of benzene rings is 2. The van der Waals surface area contributed by atoms with Crippen LogP contribution in [0.5, 0.6) is 11.5 Å². The summed E-state index contributed by atoms with van der Waals surface area (Å²) >= 11 is 0. The van der Waals surface area contributed by atoms with Crippen molar-refractivity contribution in [1.82, 2.24) is 4.31 Å². The Morgan fingerprint density at radius 1 is 0.939 bits per heavy atom. The second-order valence-electron chi connectivity index (χ2n) is 8.57. The monoisotopic (exact) mass is 474 g/mol. The number of carbonyl (C=O) groups excluding carboxylic acids is 1. The maximum absolute atomic E-state index is 13.1. The Bertz CT molecular complexity index is 1050. The summed E-state index contributed by atoms with van der Waals surface area (Å²) in [5.74, 6) is 1.28. The fourth-order valence-corrected chi connectivity index (χ4v) is 5.02. The van der Waals surface area contributed by atoms with Crippen molar-refractivity contribution in [2.75, 3.05) is 32.6 Å². The van der Waals surface area contributed by atoms with E-state index in [1.807, 2.05) is 33.8 Å². The molecule has 0 saturated heterocycles. The van der Waals surface area contributed by atoms with Crippen molar-refractivity contribution in [3.8, 4) is 11.5 Å². The topological polar surface area (TPSA) is 84.9 Å². The first-order chi connectivity index (χ1) is 15.6. The van der Waals surface area contributed by atoms with Gasteiger partial charge in [-0.15, -0.1) is 0 Å². The summed E-state index contributed by atoms with van der Waals surface area (Å²) in [7, 11) is -0.503. The third-order valence-electron chi connectivity index (χ3n) is 4.73. The van der Waals surface area contributed by atoms with Crippen molar-refractivity contribution in [1.29, 1.82) is 0 Å². The molecule has 0 aliphatic carbocycles. The van der Waals surface area contributed by atoms with Gasteiger partial charge in [0, 0.05) is 24.9 Å². The van der Waals surface area contributed by atoms with E-state index in [0.717, 1.165) is 5.56 Å². The maximum Gasteiger partial charge on any atom is 0.248 e. The summed E-state index contributed by atoms with van der Waals surface area (Å²) in [6.45, 7) is 8.90. The Balaban J connectivity index is 2.10. The highest BCUT2D eigenvalue weighted by molar-refractivity contribution is 7.89. The molecule has 180 valence electrons. The number of sulfonamides is 1. The number of anilines is 1. The molecule has 1 N–H and O–H groups in total. The normalized spacial score (nSPS) is 12.0. The van der Waals surface area contributed by atoms with E-state index < -0.39 is 10.0 Å². The zero-order valence-corrected chi connectivity index (χ0v) is 21.0. The number of rotatable bonds is 11. The summed E-state index contributed by atoms with van der Waals surface area (Å²) in [6, 6.07) is 11.6. The van der Waals surface area contributed by atoms with E-state index in [1.54, 1.807) is 44.6 Å². The largest absolute Gasteiger partial charge is 0.493 e. The van der Waals surface area contributed by atoms with Gasteiger partial charge in [0.15, 0.2) is 11.5 Å². The van der Waals surface area contributed by atoms with Crippen LogP contribution in [0.15, 0.2) is 53.4 Å². The second-order valence-corrected chi connectivity index (χ2v) is 10.5. The van der Waals surface area contributed by atoms with Crippen LogP contribution in [0.4, 0.5) is 5.69 Å². The molecule has 1 amide bonds. The minimum absolute atomic E-state index is 0.211. The Kier molecular flexibility index (Phi) is 9.49. The first-order valence-corrected chi connectivity index (χ1v) is 12.3. The van der Waals surface area contributed by atoms with Crippen molar-refractivity contribution < 1.29 is 22.7 Å². The third-order valence-corrected chi connectivity index (χ3v) is 6.58. The van der Waals surface area contributed by atoms with E-state index in [-0.39, 0.29) is 22.6 Å². The van der Waals surface area contributed by atoms with E-state index in [1.165, 1.54) is 22.5 Å². The van der Waals surface area contributed by atoms with Gasteiger partial charge in [-0.25, -0.2) is 8.42 Å². The van der Waals surface area contributed by atoms with Crippen LogP contribution in [0, 0.1) is 11.8 Å². The van der Waals surface area contributed by atoms with Gasteiger partial charge in [-0.1, -0.05) is 33.8 Å². The van der Waals surface area contributed by atoms with E-state index in [0.29, 0.717) is 30.3 Å². The molecule has 0 radical (unpaired) electrons. The summed E-state index contributed by atoms with van der Waals surface area (Å²) in [5, 5.41) is 2.75. The number of hydrogen-bond acceptors (Lipinski definition) is 5. The summed E-state index contributed by atoms with van der Waals surface area (Å²) in [5.41, 5.74) is 1.29. The zero-order valence-electron chi connectivity index (χ0n) is 20.2. The molecule has 2 rings (SSSR count). The van der Waals surface area contributed by atoms with Gasteiger partial charge in [0.2, 0.25) is 15.9 Å². The molecular formula is C25H34N2O5S. The van der Waals surface area contributed by atoms with Crippen LogP contribution in [0.3, 0.4) is 0 Å². The number of ether oxygens (including phenoxy) is 2. The van der Waals surface area contributed by atoms with Crippen molar-refractivity contribution >= 4 is 27.7 Å². The SMILES string of the molecule is COc1ccc(/C=C/C(=O)Nc2ccc(S(=O)(=O)N(CC(C)C)CC(C)C)cc2)cc1OC. The van der Waals surface area contributed by atoms with Crippen LogP contribution in [0.2, 0.25) is 0 Å². The molecule has 33 heavy (non-hydrogen) atoms. The fourth-order valence-electron chi connectivity index (χ4n) is 3.26. The van der Waals surface area contributed by atoms with Crippen molar-refractivity contribution in [2.24, 2.45) is 11.8 Å². The highest BCUT2D eigenvalue weighted by Gasteiger charge is 2.25. The molecule has 0 unspecified atom stereocenters. The zero-order chi connectivity index (χ0) is 24.6. The maximum atomic E-state index is 13.1. The third kappa shape index (κ3) is 7.61. The van der Waals surface area contributed by atoms with Gasteiger partial charge >= 0.3 is 0 Å². The summed E-state index contributed by atoms with van der Waals surface area (Å²) < 4.78 is 38.2. The lowest BCUT2D eigenvalue weighted by Gasteiger charge is -2.25. The molecule has 0 atom stereocenters. The van der Waals surface area contributed by atoms with Gasteiger partial charge in [0.25, 0.3) is 0 Å². The number of methoxy groups -OCH3 is 2. The molecule has 0 saturated carbocycles. The number of nitrogens with one attached hydrogen (secondary N) is 1. The number of amides is 1. The second kappa shape index (κ2) is 11.9. The van der Waals surface area contributed by atoms with Crippen molar-refractivity contribution in [3.63, 3.8) is 0 Å². The van der Waals surface area contributed by atoms with Gasteiger partial charge in [-0.3, -0.25) is 4.79 Å². The minimum atomic E-state index is -3.61. The molecule has 0 aliphatic rings. The highest BCUT2D eigenvalue weighted by atomic mass is 32.2. The highest BCUT2D eigenvalue weighted by Crippen LogP contribution is 2.28. The molecule has 0 spiro atoms. The number of nitrogens with zero attached hydrogens (tertiary/aromatic N) is 1. The van der Waals surface area contributed by atoms with E-state index >= 15 is 0 Å². The number of hydrogen-bond donors (Lipinski definition) is 1. The summed E-state index contributed by atoms with van der Waals surface area (Å²) in [6.07, 6.45) is 3.06. The fraction of sp³-hybridized carbons (Fsp3) is 0.400. The molecule has 0 bridgehead atoms. The van der Waals surface area contributed by atoms with Crippen LogP contribution in [0.25, 0.3) is 6.08 Å². The van der Waals surface area contributed by atoms with E-state index in [4.69, 9.17) is 9.47 Å². The van der Waals surface area contributed by atoms with Crippen LogP contribution >= 0.6 is 0 Å². The van der Waals surface area contributed by atoms with Crippen molar-refractivity contribution in [3.05, 3.63) is 54.1 Å². The average Bonchev–Trinajstić information content (AvgIpc) is 2.76. The van der Waals surface area contributed by atoms with Crippen LogP contribution in [-0.4, -0.2) is 45.9 Å². The van der Waals surface area contributed by atoms with Crippen LogP contribution in [0.1, 0.15) is 33.3 Å². The lowest BCUT2D eigenvalue weighted by Crippen LogP contribution is -2.37. The Labute approximate surface area is 197 Å². The molecule has 7 nitrogen and oxygen atoms in total. The predicted octanol–water partition coefficient (Wildman–Crippen LogP) is 4.66. The smallest absolute Gasteiger partial charge is 0.248 e. The average molecular weight is 475 g/mol. The predicted molar refractivity (Wildman–Crippen MR) is 132 cm³/mol. The van der Waals surface area contributed by atoms with Gasteiger partial charge in [-0.2, -0.15) is 4.31 Å². The molecule has 0 aliphatic heterocycles. The van der Waals surface area contributed by atoms with Gasteiger partial charge in [0.1, 0.15) is 0 Å². The molecule has 8 heteroatoms. The first-order valence-electron chi connectivity index (χ1n) is 10.9. The lowest BCUT2D eigenvalue weighted by atomic mass is 10.2. The summed E-state index contributed by atoms with van der Waals surface area (Å²) in [4.78, 5) is 12.5. The first kappa shape index (κ1) is 26.4. The molecule has 0 heterocycles. The molecule has 2 aromatic rings. The standard InChI is InChI=1S/C25H34N2O5S/c1-18(2)16-27(17-19(3)4)33(29,30)22-11-9-21(10-12-22)26-25(28)14-8-20-7-13-23(31-5)24(15-20)32-6/h7-15,18-19H,16-17H2,1-6H3,(H,26,28)/b14-8+. The van der Waals surface area contributed by atoms with Crippen LogP contribution < -0.4 is 14.8 Å². The molecule has 0 aromatic heterocycles. The Hall–Kier alpha value is -2.84. The van der Waals surface area contributed by atoms with E-state index in [2.05, 4.69) is 5.32 Å². The van der Waals surface area contributed by atoms with Crippen molar-refractivity contribution in [2.45, 2.75) is 32.6 Å². The lowest BCUT2D eigenvalue weighted by molar-refractivity contribution is -0.111. The molecule has 0 fully saturated rings. The quantitative estimate of drug-likeness (QED) is 0.479. The van der Waals surface area contributed by atoms with Crippen LogP contribution in [-0.2, 0) is 14.8 Å². The Morgan fingerprint density at radius 2 is 1.52 bits per heavy atom. The van der Waals surface area contributed by atoms with Gasteiger partial charge in [-0.05, 0) is 59.9 Å². The van der Waals surface area contributed by atoms with E-state index in [9.17, 15) is 13.2 Å². The number of carbonyl (C=O) groups is 1.